The van der Waals surface area contributed by atoms with Gasteiger partial charge in [-0.1, -0.05) is 24.3 Å². The number of nitriles is 1. The molecule has 0 heterocycles. The van der Waals surface area contributed by atoms with E-state index in [0.29, 0.717) is 38.1 Å². The van der Waals surface area contributed by atoms with Crippen molar-refractivity contribution in [2.75, 3.05) is 24.6 Å². The highest BCUT2D eigenvalue weighted by Crippen LogP contribution is 2.33. The molecule has 0 fully saturated rings. The predicted molar refractivity (Wildman–Crippen MR) is 93.5 cm³/mol. The minimum Gasteiger partial charge on any atom is -0.356 e. The standard InChI is InChI=1S/C12H19N5OS3/c1-2-21-12(8-13,9-20-10-19)5-4-11(18)15-6-3-7-16-17-14/h10H,2-7,9H2,1H3,(H,15,18). The molecule has 0 rings (SSSR count). The fourth-order valence-electron chi connectivity index (χ4n) is 1.58. The lowest BCUT2D eigenvalue weighted by Gasteiger charge is -2.24. The molecule has 1 N–H and O–H groups in total. The second kappa shape index (κ2) is 12.8. The zero-order valence-corrected chi connectivity index (χ0v) is 14.4. The van der Waals surface area contributed by atoms with E-state index in [2.05, 4.69) is 21.4 Å². The quantitative estimate of drug-likeness (QED) is 0.192. The molecule has 0 aromatic carbocycles. The average Bonchev–Trinajstić information content (AvgIpc) is 2.50. The zero-order chi connectivity index (χ0) is 16.0. The Morgan fingerprint density at radius 1 is 1.67 bits per heavy atom. The Kier molecular flexibility index (Phi) is 12.2. The Hall–Kier alpha value is -0.940. The maximum atomic E-state index is 11.7. The summed E-state index contributed by atoms with van der Waals surface area (Å²) in [5.41, 5.74) is 8.12. The maximum absolute atomic E-state index is 11.7. The third-order valence-electron chi connectivity index (χ3n) is 2.59. The number of hydrogen-bond donors (Lipinski definition) is 1. The van der Waals surface area contributed by atoms with Crippen LogP contribution in [0.2, 0.25) is 0 Å². The molecule has 0 saturated carbocycles. The summed E-state index contributed by atoms with van der Waals surface area (Å²) in [5, 5.41) is 15.6. The lowest BCUT2D eigenvalue weighted by molar-refractivity contribution is -0.121. The lowest BCUT2D eigenvalue weighted by Crippen LogP contribution is -2.31. The van der Waals surface area contributed by atoms with E-state index < -0.39 is 4.75 Å². The summed E-state index contributed by atoms with van der Waals surface area (Å²) in [6, 6.07) is 2.33. The Labute approximate surface area is 139 Å². The van der Waals surface area contributed by atoms with Crippen molar-refractivity contribution in [3.8, 4) is 6.07 Å². The molecule has 0 aromatic heterocycles. The van der Waals surface area contributed by atoms with E-state index in [0.717, 1.165) is 5.75 Å². The van der Waals surface area contributed by atoms with Crippen molar-refractivity contribution < 1.29 is 4.79 Å². The molecule has 1 unspecified atom stereocenters. The lowest BCUT2D eigenvalue weighted by atomic mass is 10.1. The van der Waals surface area contributed by atoms with Crippen LogP contribution < -0.4 is 5.32 Å². The number of carbonyl (C=O) groups is 1. The van der Waals surface area contributed by atoms with Crippen molar-refractivity contribution in [1.82, 2.24) is 5.32 Å². The van der Waals surface area contributed by atoms with E-state index in [1.54, 1.807) is 16.5 Å². The van der Waals surface area contributed by atoms with Gasteiger partial charge in [0.05, 0.1) is 6.07 Å². The van der Waals surface area contributed by atoms with Crippen molar-refractivity contribution in [1.29, 1.82) is 5.26 Å². The summed E-state index contributed by atoms with van der Waals surface area (Å²) >= 11 is 7.77. The first-order valence-electron chi connectivity index (χ1n) is 6.52. The van der Waals surface area contributed by atoms with Crippen LogP contribution in [-0.4, -0.2) is 39.9 Å². The summed E-state index contributed by atoms with van der Waals surface area (Å²) in [4.78, 5) is 14.4. The maximum Gasteiger partial charge on any atom is 0.220 e. The first-order chi connectivity index (χ1) is 10.1. The van der Waals surface area contributed by atoms with Crippen molar-refractivity contribution in [3.05, 3.63) is 10.4 Å². The van der Waals surface area contributed by atoms with Crippen molar-refractivity contribution in [3.63, 3.8) is 0 Å². The first kappa shape index (κ1) is 20.1. The number of carbonyl (C=O) groups excluding carboxylic acids is 1. The van der Waals surface area contributed by atoms with Gasteiger partial charge in [-0.3, -0.25) is 4.79 Å². The van der Waals surface area contributed by atoms with Gasteiger partial charge in [-0.2, -0.15) is 5.26 Å². The van der Waals surface area contributed by atoms with Crippen molar-refractivity contribution >= 4 is 46.3 Å². The highest BCUT2D eigenvalue weighted by Gasteiger charge is 2.30. The summed E-state index contributed by atoms with van der Waals surface area (Å²) in [6.45, 7) is 2.84. The summed E-state index contributed by atoms with van der Waals surface area (Å²) in [5.74, 6) is 1.33. The van der Waals surface area contributed by atoms with Crippen LogP contribution in [0.15, 0.2) is 5.11 Å². The Balaban J connectivity index is 4.21. The third kappa shape index (κ3) is 9.58. The Morgan fingerprint density at radius 3 is 3.00 bits per heavy atom. The fourth-order valence-corrected chi connectivity index (χ4v) is 3.73. The number of azide groups is 1. The number of hydrogen-bond acceptors (Lipinski definition) is 6. The van der Waals surface area contributed by atoms with Gasteiger partial charge in [-0.25, -0.2) is 0 Å². The minimum absolute atomic E-state index is 0.0837. The number of nitrogens with zero attached hydrogens (tertiary/aromatic N) is 4. The van der Waals surface area contributed by atoms with Gasteiger partial charge < -0.3 is 5.32 Å². The van der Waals surface area contributed by atoms with Gasteiger partial charge in [-0.05, 0) is 24.1 Å². The average molecular weight is 346 g/mol. The Morgan fingerprint density at radius 2 is 2.43 bits per heavy atom. The smallest absolute Gasteiger partial charge is 0.220 e. The molecule has 0 saturated heterocycles. The number of thiocarbonyl (C=S) groups is 1. The molecule has 0 aliphatic heterocycles. The molecule has 0 aliphatic carbocycles. The van der Waals surface area contributed by atoms with Gasteiger partial charge in [0, 0.05) is 34.9 Å². The molecule has 21 heavy (non-hydrogen) atoms. The van der Waals surface area contributed by atoms with Gasteiger partial charge in [-0.15, -0.1) is 23.5 Å². The molecule has 6 nitrogen and oxygen atoms in total. The number of rotatable bonds is 12. The Bertz CT molecular complexity index is 420. The molecule has 116 valence electrons. The number of nitrogens with one attached hydrogen (secondary N) is 1. The van der Waals surface area contributed by atoms with E-state index in [1.807, 2.05) is 6.92 Å². The van der Waals surface area contributed by atoms with E-state index in [9.17, 15) is 10.1 Å². The van der Waals surface area contributed by atoms with E-state index in [-0.39, 0.29) is 5.91 Å². The molecule has 9 heteroatoms. The molecule has 0 spiro atoms. The first-order valence-corrected chi connectivity index (χ1v) is 9.02. The highest BCUT2D eigenvalue weighted by atomic mass is 32.2. The fraction of sp³-hybridized carbons (Fsp3) is 0.750. The van der Waals surface area contributed by atoms with Crippen LogP contribution in [0.5, 0.6) is 0 Å². The van der Waals surface area contributed by atoms with E-state index in [1.165, 1.54) is 11.8 Å². The molecule has 1 atom stereocenters. The van der Waals surface area contributed by atoms with Crippen LogP contribution in [0.3, 0.4) is 0 Å². The normalized spacial score (nSPS) is 12.6. The largest absolute Gasteiger partial charge is 0.356 e. The number of amides is 1. The minimum atomic E-state index is -0.572. The summed E-state index contributed by atoms with van der Waals surface area (Å²) < 4.78 is 0.981. The van der Waals surface area contributed by atoms with E-state index >= 15 is 0 Å². The topological polar surface area (TPSA) is 102 Å². The van der Waals surface area contributed by atoms with Crippen molar-refractivity contribution in [2.24, 2.45) is 5.11 Å². The number of thioether (sulfide) groups is 2. The molecule has 0 radical (unpaired) electrons. The van der Waals surface area contributed by atoms with Crippen molar-refractivity contribution in [2.45, 2.75) is 30.9 Å². The van der Waals surface area contributed by atoms with Gasteiger partial charge >= 0.3 is 0 Å². The SMILES string of the molecule is CCSC(C#N)(CCC(=O)NCCCN=[N+]=[N-])CSC=S. The highest BCUT2D eigenvalue weighted by molar-refractivity contribution is 8.21. The monoisotopic (exact) mass is 345 g/mol. The van der Waals surface area contributed by atoms with Crippen LogP contribution in [0.1, 0.15) is 26.2 Å². The van der Waals surface area contributed by atoms with Crippen LogP contribution in [0.25, 0.3) is 10.4 Å². The molecule has 1 amide bonds. The summed E-state index contributed by atoms with van der Waals surface area (Å²) in [7, 11) is 0. The van der Waals surface area contributed by atoms with E-state index in [4.69, 9.17) is 17.7 Å². The molecule has 0 aromatic rings. The van der Waals surface area contributed by atoms with Gasteiger partial charge in [0.1, 0.15) is 4.75 Å². The molecular weight excluding hydrogens is 326 g/mol. The molecular formula is C12H19N5OS3. The van der Waals surface area contributed by atoms with Gasteiger partial charge in [0.15, 0.2) is 0 Å². The molecule has 0 aliphatic rings. The van der Waals surface area contributed by atoms with Gasteiger partial charge in [0.2, 0.25) is 5.91 Å². The van der Waals surface area contributed by atoms with Crippen LogP contribution >= 0.6 is 35.7 Å². The van der Waals surface area contributed by atoms with Crippen LogP contribution in [-0.2, 0) is 4.79 Å². The van der Waals surface area contributed by atoms with Gasteiger partial charge in [0.25, 0.3) is 0 Å². The summed E-state index contributed by atoms with van der Waals surface area (Å²) in [6.07, 6.45) is 1.42. The zero-order valence-electron chi connectivity index (χ0n) is 11.9. The third-order valence-corrected chi connectivity index (χ3v) is 5.25. The molecule has 0 bridgehead atoms. The van der Waals surface area contributed by atoms with Crippen LogP contribution in [0.4, 0.5) is 0 Å². The van der Waals surface area contributed by atoms with Crippen LogP contribution in [0, 0.1) is 11.3 Å². The second-order valence-corrected chi connectivity index (χ2v) is 7.14. The predicted octanol–water partition coefficient (Wildman–Crippen LogP) is 3.29. The second-order valence-electron chi connectivity index (χ2n) is 4.10.